The Hall–Kier alpha value is -1.57. The molecule has 1 N–H and O–H groups in total. The Kier molecular flexibility index (Phi) is 5.43. The van der Waals surface area contributed by atoms with Gasteiger partial charge < -0.3 is 5.32 Å². The predicted molar refractivity (Wildman–Crippen MR) is 111 cm³/mol. The molecule has 27 heavy (non-hydrogen) atoms. The molecule has 1 amide bonds. The third-order valence-corrected chi connectivity index (χ3v) is 7.71. The molecule has 0 aliphatic heterocycles. The molecule has 0 unspecified atom stereocenters. The highest BCUT2D eigenvalue weighted by Gasteiger charge is 2.53. The number of amides is 1. The molecule has 0 bridgehead atoms. The van der Waals surface area contributed by atoms with Gasteiger partial charge in [0.1, 0.15) is 0 Å². The van der Waals surface area contributed by atoms with Gasteiger partial charge in [0.15, 0.2) is 0 Å². The largest absolute Gasteiger partial charge is 0.352 e. The summed E-state index contributed by atoms with van der Waals surface area (Å²) in [6.45, 7) is 5.42. The van der Waals surface area contributed by atoms with Gasteiger partial charge >= 0.3 is 0 Å². The number of benzene rings is 1. The number of carbonyl (C=O) groups excluding carboxylic acids is 1. The van der Waals surface area contributed by atoms with Gasteiger partial charge in [0, 0.05) is 17.5 Å². The Morgan fingerprint density at radius 3 is 3.04 bits per heavy atom. The van der Waals surface area contributed by atoms with Crippen molar-refractivity contribution < 1.29 is 4.79 Å². The second-order valence-electron chi connectivity index (χ2n) is 9.17. The van der Waals surface area contributed by atoms with Crippen molar-refractivity contribution in [3.63, 3.8) is 0 Å². The van der Waals surface area contributed by atoms with E-state index in [-0.39, 0.29) is 11.3 Å². The molecular weight excluding hydrogens is 330 g/mol. The summed E-state index contributed by atoms with van der Waals surface area (Å²) in [7, 11) is 0. The fourth-order valence-electron chi connectivity index (χ4n) is 6.22. The lowest BCUT2D eigenvalue weighted by molar-refractivity contribution is -0.119. The van der Waals surface area contributed by atoms with Crippen LogP contribution in [0, 0.1) is 23.3 Å². The van der Waals surface area contributed by atoms with Crippen LogP contribution in [0.3, 0.4) is 0 Å². The van der Waals surface area contributed by atoms with Crippen LogP contribution in [-0.4, -0.2) is 12.5 Å². The number of unbranched alkanes of at least 4 members (excludes halogenated alkanes) is 3. The number of nitrogens with one attached hydrogen (secondary N) is 1. The Morgan fingerprint density at radius 1 is 1.30 bits per heavy atom. The van der Waals surface area contributed by atoms with Crippen LogP contribution in [0.5, 0.6) is 0 Å². The Bertz CT molecular complexity index is 721. The van der Waals surface area contributed by atoms with Gasteiger partial charge in [-0.15, -0.1) is 0 Å². The first-order valence-corrected chi connectivity index (χ1v) is 11.1. The van der Waals surface area contributed by atoms with Crippen LogP contribution in [0.2, 0.25) is 0 Å². The van der Waals surface area contributed by atoms with Gasteiger partial charge in [-0.3, -0.25) is 4.79 Å². The highest BCUT2D eigenvalue weighted by Crippen LogP contribution is 2.60. The quantitative estimate of drug-likeness (QED) is 0.656. The third kappa shape index (κ3) is 3.37. The molecule has 3 aliphatic carbocycles. The van der Waals surface area contributed by atoms with Gasteiger partial charge in [-0.25, -0.2) is 0 Å². The van der Waals surface area contributed by atoms with Gasteiger partial charge in [-0.05, 0) is 73.5 Å². The molecule has 1 radical (unpaired) electrons. The van der Waals surface area contributed by atoms with Crippen LogP contribution in [-0.2, 0) is 11.2 Å². The fourth-order valence-corrected chi connectivity index (χ4v) is 6.22. The SMILES string of the molecule is CCCCCCNC(=O)C1=CC[C@H]2[C@@H]3CCc4c[c]ccc4[C@H]3CC[C@]12C. The van der Waals surface area contributed by atoms with Gasteiger partial charge in [0.2, 0.25) is 5.91 Å². The van der Waals surface area contributed by atoms with E-state index in [0.717, 1.165) is 37.3 Å². The summed E-state index contributed by atoms with van der Waals surface area (Å²) in [5.41, 5.74) is 4.25. The minimum Gasteiger partial charge on any atom is -0.352 e. The van der Waals surface area contributed by atoms with Crippen LogP contribution in [0.25, 0.3) is 0 Å². The standard InChI is InChI=1S/C25H34NO/c1-3-4-5-8-17-26-24(27)23-14-13-22-21-12-11-18-9-6-7-10-19(18)20(21)15-16-25(22,23)2/h7,9-10,14,20-22H,3-5,8,11-13,15-17H2,1-2H3,(H,26,27)/t20-,21-,22+,25+/m1/s1. The van der Waals surface area contributed by atoms with E-state index in [1.165, 1.54) is 44.1 Å². The van der Waals surface area contributed by atoms with E-state index < -0.39 is 0 Å². The van der Waals surface area contributed by atoms with E-state index in [0.29, 0.717) is 11.8 Å². The molecule has 3 aliphatic rings. The zero-order chi connectivity index (χ0) is 18.9. The van der Waals surface area contributed by atoms with E-state index in [1.807, 2.05) is 0 Å². The van der Waals surface area contributed by atoms with E-state index in [1.54, 1.807) is 5.56 Å². The van der Waals surface area contributed by atoms with Crippen LogP contribution in [0.1, 0.15) is 82.3 Å². The summed E-state index contributed by atoms with van der Waals surface area (Å²) in [6, 6.07) is 9.85. The average molecular weight is 365 g/mol. The van der Waals surface area contributed by atoms with E-state index in [9.17, 15) is 4.79 Å². The molecule has 4 rings (SSSR count). The Balaban J connectivity index is 1.44. The van der Waals surface area contributed by atoms with Gasteiger partial charge in [0.05, 0.1) is 0 Å². The monoisotopic (exact) mass is 364 g/mol. The average Bonchev–Trinajstić information content (AvgIpc) is 3.05. The molecule has 1 saturated carbocycles. The minimum absolute atomic E-state index is 0.0765. The van der Waals surface area contributed by atoms with Crippen LogP contribution >= 0.6 is 0 Å². The summed E-state index contributed by atoms with van der Waals surface area (Å²) in [4.78, 5) is 12.9. The molecule has 1 aromatic carbocycles. The third-order valence-electron chi connectivity index (χ3n) is 7.71. The van der Waals surface area contributed by atoms with Gasteiger partial charge in [0.25, 0.3) is 0 Å². The van der Waals surface area contributed by atoms with Crippen molar-refractivity contribution in [3.05, 3.63) is 47.0 Å². The predicted octanol–water partition coefficient (Wildman–Crippen LogP) is 5.58. The number of hydrogen-bond acceptors (Lipinski definition) is 1. The molecule has 0 saturated heterocycles. The summed E-state index contributed by atoms with van der Waals surface area (Å²) >= 11 is 0. The van der Waals surface area contributed by atoms with E-state index in [4.69, 9.17) is 0 Å². The number of aryl methyl sites for hydroxylation is 1. The molecule has 4 atom stereocenters. The minimum atomic E-state index is 0.0765. The van der Waals surface area contributed by atoms with Crippen molar-refractivity contribution in [2.45, 2.75) is 77.6 Å². The lowest BCUT2D eigenvalue weighted by Crippen LogP contribution is -2.44. The van der Waals surface area contributed by atoms with Crippen molar-refractivity contribution >= 4 is 5.91 Å². The topological polar surface area (TPSA) is 29.1 Å². The van der Waals surface area contributed by atoms with Crippen molar-refractivity contribution in [3.8, 4) is 0 Å². The first-order chi connectivity index (χ1) is 13.1. The second kappa shape index (κ2) is 7.81. The van der Waals surface area contributed by atoms with E-state index in [2.05, 4.69) is 49.5 Å². The van der Waals surface area contributed by atoms with Crippen LogP contribution in [0.15, 0.2) is 29.8 Å². The zero-order valence-corrected chi connectivity index (χ0v) is 17.0. The maximum atomic E-state index is 12.9. The molecule has 0 aromatic heterocycles. The van der Waals surface area contributed by atoms with Crippen molar-refractivity contribution in [2.75, 3.05) is 6.54 Å². The van der Waals surface area contributed by atoms with E-state index >= 15 is 0 Å². The number of allylic oxidation sites excluding steroid dienone is 1. The van der Waals surface area contributed by atoms with Crippen molar-refractivity contribution in [1.29, 1.82) is 0 Å². The Morgan fingerprint density at radius 2 is 2.19 bits per heavy atom. The highest BCUT2D eigenvalue weighted by molar-refractivity contribution is 5.95. The second-order valence-corrected chi connectivity index (χ2v) is 9.17. The van der Waals surface area contributed by atoms with Gasteiger partial charge in [-0.1, -0.05) is 57.4 Å². The first-order valence-electron chi connectivity index (χ1n) is 11.1. The summed E-state index contributed by atoms with van der Waals surface area (Å²) in [5.74, 6) is 2.26. The molecule has 0 heterocycles. The molecule has 145 valence electrons. The Labute approximate surface area is 164 Å². The maximum absolute atomic E-state index is 12.9. The lowest BCUT2D eigenvalue weighted by atomic mass is 9.54. The highest BCUT2D eigenvalue weighted by atomic mass is 16.1. The molecular formula is C25H34NO. The smallest absolute Gasteiger partial charge is 0.247 e. The number of fused-ring (bicyclic) bond motifs is 5. The number of hydrogen-bond donors (Lipinski definition) is 1. The number of rotatable bonds is 6. The van der Waals surface area contributed by atoms with Crippen LogP contribution < -0.4 is 5.32 Å². The van der Waals surface area contributed by atoms with Crippen LogP contribution in [0.4, 0.5) is 0 Å². The summed E-state index contributed by atoms with van der Waals surface area (Å²) in [5, 5.41) is 3.22. The zero-order valence-electron chi connectivity index (χ0n) is 17.0. The normalized spacial score (nSPS) is 31.5. The fraction of sp³-hybridized carbons (Fsp3) is 0.640. The summed E-state index contributed by atoms with van der Waals surface area (Å²) < 4.78 is 0. The van der Waals surface area contributed by atoms with Crippen molar-refractivity contribution in [1.82, 2.24) is 5.32 Å². The summed E-state index contributed by atoms with van der Waals surface area (Å²) in [6.07, 6.45) is 13.0. The maximum Gasteiger partial charge on any atom is 0.247 e. The molecule has 1 aromatic rings. The first kappa shape index (κ1) is 18.8. The molecule has 2 heteroatoms. The molecule has 2 nitrogen and oxygen atoms in total. The van der Waals surface area contributed by atoms with Gasteiger partial charge in [-0.2, -0.15) is 0 Å². The molecule has 1 fully saturated rings. The van der Waals surface area contributed by atoms with Crippen molar-refractivity contribution in [2.24, 2.45) is 17.3 Å². The molecule has 0 spiro atoms. The lowest BCUT2D eigenvalue weighted by Gasteiger charge is -2.50. The number of carbonyl (C=O) groups is 1.